The average molecular weight is 576 g/mol. The highest BCUT2D eigenvalue weighted by Crippen LogP contribution is 2.38. The summed E-state index contributed by atoms with van der Waals surface area (Å²) in [7, 11) is 0. The molecule has 0 radical (unpaired) electrons. The van der Waals surface area contributed by atoms with E-state index in [2.05, 4.69) is 25.3 Å². The molecule has 2 heterocycles. The van der Waals surface area contributed by atoms with E-state index in [4.69, 9.17) is 14.2 Å². The Labute approximate surface area is 208 Å². The summed E-state index contributed by atoms with van der Waals surface area (Å²) in [5.74, 6) is 2.71. The van der Waals surface area contributed by atoms with Gasteiger partial charge in [0.25, 0.3) is 0 Å². The smallest absolute Gasteiger partial charge is 0.387 e. The van der Waals surface area contributed by atoms with Crippen molar-refractivity contribution in [1.82, 2.24) is 15.6 Å². The number of nitrogens with one attached hydrogen (secondary N) is 2. The fourth-order valence-corrected chi connectivity index (χ4v) is 3.08. The Hall–Kier alpha value is -2.57. The number of benzene rings is 1. The highest BCUT2D eigenvalue weighted by atomic mass is 127. The molecule has 2 aliphatic rings. The maximum absolute atomic E-state index is 12.8. The van der Waals surface area contributed by atoms with Crippen LogP contribution in [0.5, 0.6) is 23.1 Å². The molecule has 1 saturated carbocycles. The molecule has 1 aliphatic heterocycles. The van der Waals surface area contributed by atoms with Crippen molar-refractivity contribution in [3.8, 4) is 23.1 Å². The van der Waals surface area contributed by atoms with Crippen LogP contribution in [-0.4, -0.2) is 37.5 Å². The lowest BCUT2D eigenvalue weighted by molar-refractivity contribution is -0.0505. The van der Waals surface area contributed by atoms with E-state index in [1.54, 1.807) is 12.3 Å². The SMILES string of the molecule is CCNC(=NCc1ccc(OCC2CC2)nc1)NCc1cc2c(cc1OC(F)F)OCO2.I. The zero-order valence-electron chi connectivity index (χ0n) is 18.2. The van der Waals surface area contributed by atoms with E-state index >= 15 is 0 Å². The molecule has 0 bridgehead atoms. The van der Waals surface area contributed by atoms with Crippen molar-refractivity contribution in [2.24, 2.45) is 10.9 Å². The van der Waals surface area contributed by atoms with Crippen molar-refractivity contribution in [2.75, 3.05) is 19.9 Å². The summed E-state index contributed by atoms with van der Waals surface area (Å²) in [4.78, 5) is 8.87. The van der Waals surface area contributed by atoms with E-state index in [-0.39, 0.29) is 43.1 Å². The summed E-state index contributed by atoms with van der Waals surface area (Å²) in [6, 6.07) is 6.80. The Morgan fingerprint density at radius 3 is 2.67 bits per heavy atom. The van der Waals surface area contributed by atoms with Gasteiger partial charge in [0, 0.05) is 37.0 Å². The predicted molar refractivity (Wildman–Crippen MR) is 129 cm³/mol. The van der Waals surface area contributed by atoms with Crippen LogP contribution in [0.25, 0.3) is 0 Å². The molecule has 4 rings (SSSR count). The summed E-state index contributed by atoms with van der Waals surface area (Å²) in [5, 5.41) is 6.27. The standard InChI is InChI=1S/C22H26F2N4O4.HI/c1-2-25-22(27-10-15-5-6-20(26-9-15)29-12-14-3-4-14)28-11-16-7-18-19(31-13-30-18)8-17(16)32-21(23)24;/h5-9,14,21H,2-4,10-13H2,1H3,(H2,25,27,28);1H. The Morgan fingerprint density at radius 1 is 1.21 bits per heavy atom. The molecule has 1 aromatic heterocycles. The average Bonchev–Trinajstić information content (AvgIpc) is 3.51. The van der Waals surface area contributed by atoms with Crippen molar-refractivity contribution in [2.45, 2.75) is 39.5 Å². The normalized spacial score (nSPS) is 14.6. The Kier molecular flexibility index (Phi) is 9.15. The Morgan fingerprint density at radius 2 is 2.00 bits per heavy atom. The number of ether oxygens (including phenoxy) is 4. The zero-order valence-corrected chi connectivity index (χ0v) is 20.5. The van der Waals surface area contributed by atoms with Gasteiger partial charge in [0.05, 0.1) is 13.2 Å². The van der Waals surface area contributed by atoms with Crippen molar-refractivity contribution in [3.05, 3.63) is 41.6 Å². The van der Waals surface area contributed by atoms with E-state index in [0.29, 0.717) is 47.9 Å². The lowest BCUT2D eigenvalue weighted by Gasteiger charge is -2.15. The maximum atomic E-state index is 12.8. The Balaban J connectivity index is 0.00000306. The fraction of sp³-hybridized carbons (Fsp3) is 0.455. The van der Waals surface area contributed by atoms with Gasteiger partial charge in [-0.05, 0) is 37.3 Å². The second kappa shape index (κ2) is 12.1. The van der Waals surface area contributed by atoms with Gasteiger partial charge in [-0.25, -0.2) is 9.98 Å². The van der Waals surface area contributed by atoms with Gasteiger partial charge in [0.1, 0.15) is 5.75 Å². The first-order valence-electron chi connectivity index (χ1n) is 10.6. The van der Waals surface area contributed by atoms with E-state index < -0.39 is 6.61 Å². The first-order chi connectivity index (χ1) is 15.6. The first kappa shape index (κ1) is 25.1. The van der Waals surface area contributed by atoms with Crippen molar-refractivity contribution in [3.63, 3.8) is 0 Å². The van der Waals surface area contributed by atoms with Crippen LogP contribution in [0.2, 0.25) is 0 Å². The molecule has 0 amide bonds. The third kappa shape index (κ3) is 7.47. The van der Waals surface area contributed by atoms with Crippen LogP contribution in [0.1, 0.15) is 30.9 Å². The summed E-state index contributed by atoms with van der Waals surface area (Å²) >= 11 is 0. The van der Waals surface area contributed by atoms with Crippen LogP contribution in [0.4, 0.5) is 8.78 Å². The van der Waals surface area contributed by atoms with Crippen LogP contribution in [0.3, 0.4) is 0 Å². The Bertz CT molecular complexity index is 943. The van der Waals surface area contributed by atoms with Crippen molar-refractivity contribution >= 4 is 29.9 Å². The number of hydrogen-bond donors (Lipinski definition) is 2. The van der Waals surface area contributed by atoms with E-state index in [0.717, 1.165) is 12.2 Å². The number of aromatic nitrogens is 1. The minimum atomic E-state index is -2.94. The number of pyridine rings is 1. The first-order valence-corrected chi connectivity index (χ1v) is 10.6. The number of aliphatic imine (C=N–C) groups is 1. The molecule has 11 heteroatoms. The van der Waals surface area contributed by atoms with Crippen LogP contribution in [0.15, 0.2) is 35.5 Å². The molecule has 8 nitrogen and oxygen atoms in total. The maximum Gasteiger partial charge on any atom is 0.387 e. The van der Waals surface area contributed by atoms with Crippen molar-refractivity contribution < 1.29 is 27.7 Å². The van der Waals surface area contributed by atoms with Gasteiger partial charge in [-0.3, -0.25) is 0 Å². The molecule has 1 fully saturated rings. The molecular weight excluding hydrogens is 549 g/mol. The lowest BCUT2D eigenvalue weighted by Crippen LogP contribution is -2.36. The summed E-state index contributed by atoms with van der Waals surface area (Å²) in [6.45, 7) is 0.998. The zero-order chi connectivity index (χ0) is 22.3. The molecule has 0 saturated heterocycles. The summed E-state index contributed by atoms with van der Waals surface area (Å²) in [6.07, 6.45) is 4.20. The molecular formula is C22H27F2IN4O4. The topological polar surface area (TPSA) is 86.2 Å². The minimum Gasteiger partial charge on any atom is -0.477 e. The van der Waals surface area contributed by atoms with Gasteiger partial charge in [-0.2, -0.15) is 8.78 Å². The molecule has 1 aromatic carbocycles. The number of nitrogens with zero attached hydrogens (tertiary/aromatic N) is 2. The molecule has 0 spiro atoms. The minimum absolute atomic E-state index is 0. The molecule has 2 aromatic rings. The second-order valence-electron chi connectivity index (χ2n) is 7.50. The largest absolute Gasteiger partial charge is 0.477 e. The molecule has 2 N–H and O–H groups in total. The van der Waals surface area contributed by atoms with Gasteiger partial charge in [0.2, 0.25) is 12.7 Å². The third-order valence-corrected chi connectivity index (χ3v) is 4.94. The van der Waals surface area contributed by atoms with Gasteiger partial charge in [0.15, 0.2) is 17.5 Å². The van der Waals surface area contributed by atoms with E-state index in [1.165, 1.54) is 18.9 Å². The second-order valence-corrected chi connectivity index (χ2v) is 7.50. The van der Waals surface area contributed by atoms with E-state index in [1.807, 2.05) is 19.1 Å². The monoisotopic (exact) mass is 576 g/mol. The molecule has 0 unspecified atom stereocenters. The van der Waals surface area contributed by atoms with Crippen LogP contribution < -0.4 is 29.6 Å². The number of halogens is 3. The summed E-state index contributed by atoms with van der Waals surface area (Å²) in [5.41, 5.74) is 1.42. The molecule has 33 heavy (non-hydrogen) atoms. The molecule has 1 aliphatic carbocycles. The molecule has 0 atom stereocenters. The van der Waals surface area contributed by atoms with Crippen LogP contribution in [-0.2, 0) is 13.1 Å². The van der Waals surface area contributed by atoms with Gasteiger partial charge >= 0.3 is 6.61 Å². The number of alkyl halides is 2. The van der Waals surface area contributed by atoms with Gasteiger partial charge in [-0.1, -0.05) is 6.07 Å². The third-order valence-electron chi connectivity index (χ3n) is 4.94. The number of fused-ring (bicyclic) bond motifs is 1. The quantitative estimate of drug-likeness (QED) is 0.251. The highest BCUT2D eigenvalue weighted by Gasteiger charge is 2.22. The predicted octanol–water partition coefficient (Wildman–Crippen LogP) is 4.07. The number of rotatable bonds is 10. The van der Waals surface area contributed by atoms with Crippen LogP contribution >= 0.6 is 24.0 Å². The van der Waals surface area contributed by atoms with Gasteiger partial charge < -0.3 is 29.6 Å². The number of guanidine groups is 1. The van der Waals surface area contributed by atoms with Gasteiger partial charge in [-0.15, -0.1) is 24.0 Å². The van der Waals surface area contributed by atoms with Crippen LogP contribution in [0, 0.1) is 5.92 Å². The fourth-order valence-electron chi connectivity index (χ4n) is 3.08. The number of hydrogen-bond acceptors (Lipinski definition) is 6. The molecule has 180 valence electrons. The highest BCUT2D eigenvalue weighted by molar-refractivity contribution is 14.0. The van der Waals surface area contributed by atoms with Crippen molar-refractivity contribution in [1.29, 1.82) is 0 Å². The van der Waals surface area contributed by atoms with E-state index in [9.17, 15) is 8.78 Å². The summed E-state index contributed by atoms with van der Waals surface area (Å²) < 4.78 is 46.6. The lowest BCUT2D eigenvalue weighted by atomic mass is 10.1.